The van der Waals surface area contributed by atoms with E-state index in [2.05, 4.69) is 4.72 Å². The molecule has 2 aromatic rings. The summed E-state index contributed by atoms with van der Waals surface area (Å²) in [6.07, 6.45) is 0.533. The number of amides is 1. The zero-order chi connectivity index (χ0) is 18.4. The first-order chi connectivity index (χ1) is 11.8. The Labute approximate surface area is 149 Å². The van der Waals surface area contributed by atoms with E-state index in [1.54, 1.807) is 43.1 Å². The van der Waals surface area contributed by atoms with Crippen LogP contribution >= 0.6 is 0 Å². The number of hydrogen-bond acceptors (Lipinski definition) is 3. The zero-order valence-corrected chi connectivity index (χ0v) is 15.6. The molecule has 1 amide bonds. The summed E-state index contributed by atoms with van der Waals surface area (Å²) in [4.78, 5) is 14.4. The number of carbonyl (C=O) groups excluding carboxylic acids is 1. The summed E-state index contributed by atoms with van der Waals surface area (Å²) >= 11 is 0. The maximum Gasteiger partial charge on any atom is 0.254 e. The number of anilines is 1. The van der Waals surface area contributed by atoms with Crippen molar-refractivity contribution in [2.24, 2.45) is 0 Å². The number of nitrogens with zero attached hydrogens (tertiary/aromatic N) is 1. The second-order valence-electron chi connectivity index (χ2n) is 6.00. The Kier molecular flexibility index (Phi) is 6.20. The van der Waals surface area contributed by atoms with E-state index in [4.69, 9.17) is 0 Å². The quantitative estimate of drug-likeness (QED) is 0.819. The summed E-state index contributed by atoms with van der Waals surface area (Å²) in [7, 11) is -1.64. The molecule has 2 rings (SSSR count). The van der Waals surface area contributed by atoms with Crippen LogP contribution in [0.5, 0.6) is 0 Å². The fraction of sp³-hybridized carbons (Fsp3) is 0.316. The van der Waals surface area contributed by atoms with Crippen LogP contribution in [0.1, 0.15) is 42.2 Å². The summed E-state index contributed by atoms with van der Waals surface area (Å²) in [6.45, 7) is 3.76. The van der Waals surface area contributed by atoms with Gasteiger partial charge in [0.05, 0.1) is 11.8 Å². The maximum atomic E-state index is 12.8. The van der Waals surface area contributed by atoms with Gasteiger partial charge in [0.25, 0.3) is 5.91 Å². The summed E-state index contributed by atoms with van der Waals surface area (Å²) in [6, 6.07) is 16.3. The minimum atomic E-state index is -3.38. The first-order valence-electron chi connectivity index (χ1n) is 8.26. The summed E-state index contributed by atoms with van der Waals surface area (Å²) < 4.78 is 26.3. The number of hydrogen-bond donors (Lipinski definition) is 1. The van der Waals surface area contributed by atoms with Crippen LogP contribution in [0, 0.1) is 0 Å². The number of nitrogens with one attached hydrogen (secondary N) is 1. The Bertz CT molecular complexity index is 820. The van der Waals surface area contributed by atoms with Gasteiger partial charge in [-0.05, 0) is 37.1 Å². The SMILES string of the molecule is CCCS(=O)(=O)Nc1cccc(C(=O)N(C)C(C)c2ccccc2)c1. The van der Waals surface area contributed by atoms with Crippen LogP contribution in [0.25, 0.3) is 0 Å². The predicted molar refractivity (Wildman–Crippen MR) is 101 cm³/mol. The average molecular weight is 360 g/mol. The molecule has 1 N–H and O–H groups in total. The number of sulfonamides is 1. The molecule has 0 heterocycles. The fourth-order valence-corrected chi connectivity index (χ4v) is 3.68. The van der Waals surface area contributed by atoms with Crippen molar-refractivity contribution in [2.45, 2.75) is 26.3 Å². The van der Waals surface area contributed by atoms with Gasteiger partial charge in [0.1, 0.15) is 0 Å². The van der Waals surface area contributed by atoms with Crippen LogP contribution in [0.4, 0.5) is 5.69 Å². The van der Waals surface area contributed by atoms with Crippen molar-refractivity contribution >= 4 is 21.6 Å². The van der Waals surface area contributed by atoms with Crippen molar-refractivity contribution in [2.75, 3.05) is 17.5 Å². The Morgan fingerprint density at radius 1 is 1.12 bits per heavy atom. The molecule has 5 nitrogen and oxygen atoms in total. The molecule has 0 aliphatic carbocycles. The van der Waals surface area contributed by atoms with E-state index in [1.165, 1.54) is 0 Å². The molecule has 0 spiro atoms. The third-order valence-corrected chi connectivity index (χ3v) is 5.53. The summed E-state index contributed by atoms with van der Waals surface area (Å²) in [5, 5.41) is 0. The third-order valence-electron chi connectivity index (χ3n) is 4.04. The van der Waals surface area contributed by atoms with E-state index in [9.17, 15) is 13.2 Å². The standard InChI is InChI=1S/C19H24N2O3S/c1-4-13-25(23,24)20-18-12-8-11-17(14-18)19(22)21(3)15(2)16-9-6-5-7-10-16/h5-12,14-15,20H,4,13H2,1-3H3. The normalized spacial score (nSPS) is 12.4. The minimum absolute atomic E-state index is 0.0517. The van der Waals surface area contributed by atoms with Crippen molar-refractivity contribution in [1.29, 1.82) is 0 Å². The monoisotopic (exact) mass is 360 g/mol. The van der Waals surface area contributed by atoms with Gasteiger partial charge < -0.3 is 4.90 Å². The number of carbonyl (C=O) groups is 1. The van der Waals surface area contributed by atoms with Crippen LogP contribution in [-0.4, -0.2) is 32.0 Å². The van der Waals surface area contributed by atoms with Gasteiger partial charge in [0.2, 0.25) is 10.0 Å². The molecule has 6 heteroatoms. The Morgan fingerprint density at radius 2 is 1.80 bits per heavy atom. The van der Waals surface area contributed by atoms with E-state index in [-0.39, 0.29) is 17.7 Å². The van der Waals surface area contributed by atoms with Crippen LogP contribution in [-0.2, 0) is 10.0 Å². The van der Waals surface area contributed by atoms with E-state index in [0.29, 0.717) is 17.7 Å². The molecule has 134 valence electrons. The van der Waals surface area contributed by atoms with E-state index < -0.39 is 10.0 Å². The van der Waals surface area contributed by atoms with Gasteiger partial charge in [0, 0.05) is 18.3 Å². The lowest BCUT2D eigenvalue weighted by Crippen LogP contribution is -2.29. The highest BCUT2D eigenvalue weighted by Crippen LogP contribution is 2.22. The molecule has 1 unspecified atom stereocenters. The lowest BCUT2D eigenvalue weighted by Gasteiger charge is -2.25. The minimum Gasteiger partial charge on any atom is -0.335 e. The Balaban J connectivity index is 2.18. The molecule has 0 saturated carbocycles. The largest absolute Gasteiger partial charge is 0.335 e. The lowest BCUT2D eigenvalue weighted by molar-refractivity contribution is 0.0742. The molecule has 1 atom stereocenters. The molecule has 0 bridgehead atoms. The smallest absolute Gasteiger partial charge is 0.254 e. The summed E-state index contributed by atoms with van der Waals surface area (Å²) in [5.74, 6) is -0.108. The van der Waals surface area contributed by atoms with Crippen molar-refractivity contribution in [3.05, 3.63) is 65.7 Å². The van der Waals surface area contributed by atoms with E-state index in [1.807, 2.05) is 37.3 Å². The molecule has 0 aliphatic rings. The molecule has 0 aliphatic heterocycles. The number of benzene rings is 2. The van der Waals surface area contributed by atoms with E-state index >= 15 is 0 Å². The van der Waals surface area contributed by atoms with Gasteiger partial charge in [-0.3, -0.25) is 9.52 Å². The molecule has 0 radical (unpaired) electrons. The molecule has 0 saturated heterocycles. The van der Waals surface area contributed by atoms with Gasteiger partial charge in [-0.1, -0.05) is 43.3 Å². The molecule has 0 fully saturated rings. The Hall–Kier alpha value is -2.34. The Morgan fingerprint density at radius 3 is 2.44 bits per heavy atom. The van der Waals surface area contributed by atoms with Gasteiger partial charge in [-0.15, -0.1) is 0 Å². The van der Waals surface area contributed by atoms with Crippen molar-refractivity contribution in [3.63, 3.8) is 0 Å². The highest BCUT2D eigenvalue weighted by Gasteiger charge is 2.19. The first-order valence-corrected chi connectivity index (χ1v) is 9.92. The maximum absolute atomic E-state index is 12.8. The topological polar surface area (TPSA) is 66.5 Å². The van der Waals surface area contributed by atoms with Crippen LogP contribution in [0.15, 0.2) is 54.6 Å². The van der Waals surface area contributed by atoms with Crippen LogP contribution < -0.4 is 4.72 Å². The van der Waals surface area contributed by atoms with Crippen molar-refractivity contribution < 1.29 is 13.2 Å². The second-order valence-corrected chi connectivity index (χ2v) is 7.85. The van der Waals surface area contributed by atoms with E-state index in [0.717, 1.165) is 5.56 Å². The highest BCUT2D eigenvalue weighted by molar-refractivity contribution is 7.92. The molecule has 25 heavy (non-hydrogen) atoms. The first kappa shape index (κ1) is 19.0. The lowest BCUT2D eigenvalue weighted by atomic mass is 10.1. The fourth-order valence-electron chi connectivity index (χ4n) is 2.55. The second kappa shape index (κ2) is 8.16. The summed E-state index contributed by atoms with van der Waals surface area (Å²) in [5.41, 5.74) is 1.89. The van der Waals surface area contributed by atoms with Crippen molar-refractivity contribution in [3.8, 4) is 0 Å². The molecular weight excluding hydrogens is 336 g/mol. The number of rotatable bonds is 7. The third kappa shape index (κ3) is 5.06. The predicted octanol–water partition coefficient (Wildman–Crippen LogP) is 3.67. The van der Waals surface area contributed by atoms with Crippen molar-refractivity contribution in [1.82, 2.24) is 4.90 Å². The molecule has 2 aromatic carbocycles. The molecule has 0 aromatic heterocycles. The zero-order valence-electron chi connectivity index (χ0n) is 14.8. The van der Waals surface area contributed by atoms with Gasteiger partial charge in [-0.2, -0.15) is 0 Å². The average Bonchev–Trinajstić information content (AvgIpc) is 2.60. The highest BCUT2D eigenvalue weighted by atomic mass is 32.2. The van der Waals surface area contributed by atoms with Gasteiger partial charge in [0.15, 0.2) is 0 Å². The molecular formula is C19H24N2O3S. The van der Waals surface area contributed by atoms with Crippen LogP contribution in [0.3, 0.4) is 0 Å². The van der Waals surface area contributed by atoms with Gasteiger partial charge >= 0.3 is 0 Å². The van der Waals surface area contributed by atoms with Crippen LogP contribution in [0.2, 0.25) is 0 Å². The van der Waals surface area contributed by atoms with Gasteiger partial charge in [-0.25, -0.2) is 8.42 Å².